The van der Waals surface area contributed by atoms with Crippen LogP contribution >= 0.6 is 0 Å². The molecule has 0 aliphatic carbocycles. The predicted octanol–water partition coefficient (Wildman–Crippen LogP) is 3.24. The minimum Gasteiger partial charge on any atom is -0.369 e. The maximum Gasteiger partial charge on any atom is 0.247 e. The number of rotatable bonds is 4. The molecule has 144 valence electrons. The highest BCUT2D eigenvalue weighted by Gasteiger charge is 2.10. The van der Waals surface area contributed by atoms with Gasteiger partial charge in [-0.3, -0.25) is 4.98 Å². The van der Waals surface area contributed by atoms with Gasteiger partial charge in [0.1, 0.15) is 5.52 Å². The Morgan fingerprint density at radius 2 is 1.59 bits per heavy atom. The minimum absolute atomic E-state index is 0.485. The number of hydrogen-bond donors (Lipinski definition) is 2. The fourth-order valence-electron chi connectivity index (χ4n) is 3.52. The van der Waals surface area contributed by atoms with E-state index in [4.69, 9.17) is 0 Å². The van der Waals surface area contributed by atoms with E-state index in [9.17, 15) is 0 Å². The maximum absolute atomic E-state index is 4.65. The van der Waals surface area contributed by atoms with E-state index in [2.05, 4.69) is 60.0 Å². The third kappa shape index (κ3) is 3.86. The van der Waals surface area contributed by atoms with Gasteiger partial charge in [0.05, 0.1) is 5.52 Å². The third-order valence-electron chi connectivity index (χ3n) is 5.07. The molecule has 1 aliphatic rings. The largest absolute Gasteiger partial charge is 0.369 e. The Bertz CT molecular complexity index is 1110. The zero-order valence-electron chi connectivity index (χ0n) is 15.9. The Kier molecular flexibility index (Phi) is 4.72. The summed E-state index contributed by atoms with van der Waals surface area (Å²) in [5.74, 6) is 0.485. The Morgan fingerprint density at radius 3 is 2.38 bits per heavy atom. The normalized spacial score (nSPS) is 14.1. The van der Waals surface area contributed by atoms with Gasteiger partial charge < -0.3 is 15.5 Å². The summed E-state index contributed by atoms with van der Waals surface area (Å²) in [5.41, 5.74) is 5.91. The van der Waals surface area contributed by atoms with Crippen molar-refractivity contribution in [2.75, 3.05) is 36.4 Å². The number of aromatic nitrogens is 4. The highest BCUT2D eigenvalue weighted by atomic mass is 15.2. The Labute approximate surface area is 168 Å². The Hall–Kier alpha value is -3.58. The average molecular weight is 383 g/mol. The number of hydrogen-bond acceptors (Lipinski definition) is 7. The molecule has 1 saturated heterocycles. The van der Waals surface area contributed by atoms with Crippen molar-refractivity contribution in [3.05, 3.63) is 67.0 Å². The molecule has 1 aliphatic heterocycles. The van der Waals surface area contributed by atoms with E-state index < -0.39 is 0 Å². The fourth-order valence-corrected chi connectivity index (χ4v) is 3.52. The quantitative estimate of drug-likeness (QED) is 0.560. The molecule has 0 amide bonds. The van der Waals surface area contributed by atoms with Gasteiger partial charge in [-0.2, -0.15) is 0 Å². The molecule has 0 unspecified atom stereocenters. The number of nitrogens with zero attached hydrogens (tertiary/aromatic N) is 5. The third-order valence-corrected chi connectivity index (χ3v) is 5.07. The smallest absolute Gasteiger partial charge is 0.247 e. The first-order valence-electron chi connectivity index (χ1n) is 9.73. The molecule has 2 aromatic carbocycles. The second kappa shape index (κ2) is 7.81. The van der Waals surface area contributed by atoms with Crippen LogP contribution in [0.2, 0.25) is 0 Å². The van der Waals surface area contributed by atoms with Crippen LogP contribution in [0.5, 0.6) is 0 Å². The molecule has 5 rings (SSSR count). The maximum atomic E-state index is 4.65. The summed E-state index contributed by atoms with van der Waals surface area (Å²) in [6, 6.07) is 18.3. The van der Waals surface area contributed by atoms with Gasteiger partial charge >= 0.3 is 0 Å². The molecular weight excluding hydrogens is 362 g/mol. The van der Waals surface area contributed by atoms with Gasteiger partial charge in [0, 0.05) is 49.9 Å². The van der Waals surface area contributed by atoms with Crippen LogP contribution in [0.1, 0.15) is 0 Å². The van der Waals surface area contributed by atoms with Gasteiger partial charge in [-0.1, -0.05) is 6.07 Å². The van der Waals surface area contributed by atoms with Gasteiger partial charge in [-0.25, -0.2) is 4.98 Å². The van der Waals surface area contributed by atoms with E-state index in [0.29, 0.717) is 5.95 Å². The van der Waals surface area contributed by atoms with Crippen molar-refractivity contribution >= 4 is 28.4 Å². The number of nitrogens with one attached hydrogen (secondary N) is 2. The monoisotopic (exact) mass is 383 g/mol. The van der Waals surface area contributed by atoms with Crippen molar-refractivity contribution in [2.24, 2.45) is 0 Å². The number of benzene rings is 2. The van der Waals surface area contributed by atoms with Crippen LogP contribution in [0.4, 0.5) is 17.3 Å². The molecular formula is C22H21N7. The molecule has 1 fully saturated rings. The summed E-state index contributed by atoms with van der Waals surface area (Å²) in [6.45, 7) is 4.12. The molecule has 0 spiro atoms. The van der Waals surface area contributed by atoms with Crippen molar-refractivity contribution in [3.63, 3.8) is 0 Å². The molecule has 29 heavy (non-hydrogen) atoms. The van der Waals surface area contributed by atoms with E-state index in [0.717, 1.165) is 54.0 Å². The van der Waals surface area contributed by atoms with Crippen LogP contribution < -0.4 is 15.5 Å². The van der Waals surface area contributed by atoms with Gasteiger partial charge in [-0.05, 0) is 59.7 Å². The highest BCUT2D eigenvalue weighted by Crippen LogP contribution is 2.24. The van der Waals surface area contributed by atoms with Crippen molar-refractivity contribution in [3.8, 4) is 11.1 Å². The van der Waals surface area contributed by atoms with Gasteiger partial charge in [0.25, 0.3) is 0 Å². The average Bonchev–Trinajstić information content (AvgIpc) is 2.80. The molecule has 0 bridgehead atoms. The lowest BCUT2D eigenvalue weighted by atomic mass is 10.1. The highest BCUT2D eigenvalue weighted by molar-refractivity contribution is 5.81. The van der Waals surface area contributed by atoms with Crippen molar-refractivity contribution in [1.82, 2.24) is 25.5 Å². The van der Waals surface area contributed by atoms with Gasteiger partial charge in [0.15, 0.2) is 0 Å². The minimum atomic E-state index is 0.485. The summed E-state index contributed by atoms with van der Waals surface area (Å²) in [6.07, 6.45) is 3.57. The Balaban J connectivity index is 1.37. The topological polar surface area (TPSA) is 78.9 Å². The number of piperazine rings is 1. The fraction of sp³-hybridized carbons (Fsp3) is 0.182. The summed E-state index contributed by atoms with van der Waals surface area (Å²) in [7, 11) is 0. The van der Waals surface area contributed by atoms with Gasteiger partial charge in [0.2, 0.25) is 5.95 Å². The molecule has 3 heterocycles. The summed E-state index contributed by atoms with van der Waals surface area (Å²) in [4.78, 5) is 11.1. The first-order valence-corrected chi connectivity index (χ1v) is 9.73. The SMILES string of the molecule is c1cc(-c2ccc3nnc(Nc4ccc(N5CCNCC5)cc4)nc3c2)ccn1. The van der Waals surface area contributed by atoms with Crippen LogP contribution in [-0.2, 0) is 0 Å². The van der Waals surface area contributed by atoms with Crippen LogP contribution in [0.15, 0.2) is 67.0 Å². The first-order chi connectivity index (χ1) is 14.3. The van der Waals surface area contributed by atoms with Crippen LogP contribution in [0, 0.1) is 0 Å². The van der Waals surface area contributed by atoms with Crippen LogP contribution in [0.25, 0.3) is 22.2 Å². The molecule has 7 nitrogen and oxygen atoms in total. The predicted molar refractivity (Wildman–Crippen MR) is 115 cm³/mol. The summed E-state index contributed by atoms with van der Waals surface area (Å²) < 4.78 is 0. The zero-order valence-corrected chi connectivity index (χ0v) is 15.9. The lowest BCUT2D eigenvalue weighted by molar-refractivity contribution is 0.589. The molecule has 4 aromatic rings. The number of fused-ring (bicyclic) bond motifs is 1. The van der Waals surface area contributed by atoms with Crippen molar-refractivity contribution in [1.29, 1.82) is 0 Å². The summed E-state index contributed by atoms with van der Waals surface area (Å²) >= 11 is 0. The number of pyridine rings is 1. The second-order valence-electron chi connectivity index (χ2n) is 6.98. The van der Waals surface area contributed by atoms with Crippen LogP contribution in [-0.4, -0.2) is 46.3 Å². The molecule has 0 radical (unpaired) electrons. The zero-order chi connectivity index (χ0) is 19.5. The van der Waals surface area contributed by atoms with E-state index in [1.54, 1.807) is 12.4 Å². The standard InChI is InChI=1S/C22H21N7/c1-6-20-21(15-17(1)16-7-9-23-10-8-16)26-22(28-27-20)25-18-2-4-19(5-3-18)29-13-11-24-12-14-29/h1-10,15,24H,11-14H2,(H,25,26,28). The molecule has 7 heteroatoms. The van der Waals surface area contributed by atoms with Crippen molar-refractivity contribution < 1.29 is 0 Å². The van der Waals surface area contributed by atoms with E-state index in [1.165, 1.54) is 5.69 Å². The lowest BCUT2D eigenvalue weighted by Gasteiger charge is -2.29. The number of anilines is 3. The molecule has 2 aromatic heterocycles. The second-order valence-corrected chi connectivity index (χ2v) is 6.98. The molecule has 0 saturated carbocycles. The van der Waals surface area contributed by atoms with E-state index in [1.807, 2.05) is 30.3 Å². The molecule has 0 atom stereocenters. The van der Waals surface area contributed by atoms with E-state index >= 15 is 0 Å². The Morgan fingerprint density at radius 1 is 0.793 bits per heavy atom. The van der Waals surface area contributed by atoms with Gasteiger partial charge in [-0.15, -0.1) is 10.2 Å². The first kappa shape index (κ1) is 17.5. The lowest BCUT2D eigenvalue weighted by Crippen LogP contribution is -2.43. The van der Waals surface area contributed by atoms with Crippen LogP contribution in [0.3, 0.4) is 0 Å². The molecule has 2 N–H and O–H groups in total. The van der Waals surface area contributed by atoms with E-state index in [-0.39, 0.29) is 0 Å². The summed E-state index contributed by atoms with van der Waals surface area (Å²) in [5, 5.41) is 15.2. The van der Waals surface area contributed by atoms with Crippen molar-refractivity contribution in [2.45, 2.75) is 0 Å².